The summed E-state index contributed by atoms with van der Waals surface area (Å²) in [4.78, 5) is 7.10. The number of H-pyrrole nitrogens is 1. The number of anilines is 1. The smallest absolute Gasteiger partial charge is 0.244 e. The van der Waals surface area contributed by atoms with Gasteiger partial charge in [-0.1, -0.05) is 0 Å². The molecule has 1 atom stereocenters. The van der Waals surface area contributed by atoms with Gasteiger partial charge in [0.1, 0.15) is 5.82 Å². The van der Waals surface area contributed by atoms with Gasteiger partial charge in [0.2, 0.25) is 5.95 Å². The van der Waals surface area contributed by atoms with Crippen LogP contribution in [0.25, 0.3) is 0 Å². The first kappa shape index (κ1) is 15.2. The van der Waals surface area contributed by atoms with Crippen molar-refractivity contribution in [3.63, 3.8) is 0 Å². The zero-order valence-electron chi connectivity index (χ0n) is 13.0. The third-order valence-corrected chi connectivity index (χ3v) is 5.69. The summed E-state index contributed by atoms with van der Waals surface area (Å²) in [5.74, 6) is 6.13. The van der Waals surface area contributed by atoms with E-state index in [2.05, 4.69) is 32.2 Å². The Balaban J connectivity index is 1.56. The molecule has 2 fully saturated rings. The summed E-state index contributed by atoms with van der Waals surface area (Å²) in [7, 11) is 2.03. The number of thioether (sulfide) groups is 1. The summed E-state index contributed by atoms with van der Waals surface area (Å²) < 4.78 is 0. The molecule has 2 aliphatic heterocycles. The zero-order valence-corrected chi connectivity index (χ0v) is 13.8. The van der Waals surface area contributed by atoms with E-state index in [-0.39, 0.29) is 0 Å². The third kappa shape index (κ3) is 4.13. The molecule has 0 bridgehead atoms. The van der Waals surface area contributed by atoms with Crippen molar-refractivity contribution < 1.29 is 0 Å². The van der Waals surface area contributed by atoms with Gasteiger partial charge in [0.05, 0.1) is 0 Å². The molecule has 1 aromatic heterocycles. The van der Waals surface area contributed by atoms with E-state index in [0.29, 0.717) is 0 Å². The molecule has 3 heterocycles. The molecule has 0 aromatic carbocycles. The van der Waals surface area contributed by atoms with Gasteiger partial charge in [-0.2, -0.15) is 16.7 Å². The Labute approximate surface area is 131 Å². The molecule has 2 saturated heterocycles. The van der Waals surface area contributed by atoms with Crippen LogP contribution in [0.1, 0.15) is 31.5 Å². The maximum absolute atomic E-state index is 4.75. The van der Waals surface area contributed by atoms with Gasteiger partial charge < -0.3 is 10.2 Å². The van der Waals surface area contributed by atoms with E-state index in [1.165, 1.54) is 37.2 Å². The van der Waals surface area contributed by atoms with Crippen LogP contribution in [0.15, 0.2) is 0 Å². The highest BCUT2D eigenvalue weighted by Gasteiger charge is 2.23. The maximum atomic E-state index is 4.75. The number of aromatic nitrogens is 3. The number of hydrogen-bond donors (Lipinski definition) is 2. The first-order chi connectivity index (χ1) is 10.3. The van der Waals surface area contributed by atoms with Gasteiger partial charge >= 0.3 is 0 Å². The van der Waals surface area contributed by atoms with Crippen LogP contribution in [-0.4, -0.2) is 53.4 Å². The molecule has 2 N–H and O–H groups in total. The number of piperidine rings is 1. The average Bonchev–Trinajstić information content (AvgIpc) is 2.97. The van der Waals surface area contributed by atoms with E-state index in [4.69, 9.17) is 4.98 Å². The van der Waals surface area contributed by atoms with Gasteiger partial charge in [0.25, 0.3) is 0 Å². The van der Waals surface area contributed by atoms with Crippen molar-refractivity contribution in [3.05, 3.63) is 5.82 Å². The van der Waals surface area contributed by atoms with E-state index in [1.807, 2.05) is 7.05 Å². The predicted molar refractivity (Wildman–Crippen MR) is 89.0 cm³/mol. The van der Waals surface area contributed by atoms with Crippen molar-refractivity contribution >= 4 is 17.7 Å². The average molecular weight is 309 g/mol. The van der Waals surface area contributed by atoms with Crippen LogP contribution in [0.4, 0.5) is 5.95 Å². The highest BCUT2D eigenvalue weighted by atomic mass is 32.2. The van der Waals surface area contributed by atoms with Gasteiger partial charge in [-0.05, 0) is 62.6 Å². The lowest BCUT2D eigenvalue weighted by Gasteiger charge is -2.31. The van der Waals surface area contributed by atoms with Crippen molar-refractivity contribution in [1.29, 1.82) is 0 Å². The van der Waals surface area contributed by atoms with E-state index >= 15 is 0 Å². The number of nitrogens with one attached hydrogen (secondary N) is 2. The highest BCUT2D eigenvalue weighted by molar-refractivity contribution is 7.99. The Bertz CT molecular complexity index is 427. The number of rotatable bonds is 5. The van der Waals surface area contributed by atoms with Crippen LogP contribution in [0.5, 0.6) is 0 Å². The molecule has 3 rings (SSSR count). The SMILES string of the molecule is CNCC1CCCN(c2n[nH]c(CC3CCSCC3)n2)C1. The molecular formula is C15H27N5S. The minimum Gasteiger partial charge on any atom is -0.339 e. The quantitative estimate of drug-likeness (QED) is 0.870. The lowest BCUT2D eigenvalue weighted by atomic mass is 9.98. The molecule has 0 spiro atoms. The van der Waals surface area contributed by atoms with Crippen molar-refractivity contribution in [3.8, 4) is 0 Å². The Morgan fingerprint density at radius 1 is 1.29 bits per heavy atom. The van der Waals surface area contributed by atoms with E-state index in [9.17, 15) is 0 Å². The molecule has 5 nitrogen and oxygen atoms in total. The summed E-state index contributed by atoms with van der Waals surface area (Å²) in [6, 6.07) is 0. The van der Waals surface area contributed by atoms with Crippen LogP contribution in [0, 0.1) is 11.8 Å². The van der Waals surface area contributed by atoms with Crippen molar-refractivity contribution in [2.24, 2.45) is 11.8 Å². The maximum Gasteiger partial charge on any atom is 0.244 e. The van der Waals surface area contributed by atoms with E-state index < -0.39 is 0 Å². The second-order valence-electron chi connectivity index (χ2n) is 6.35. The van der Waals surface area contributed by atoms with Gasteiger partial charge in [0.15, 0.2) is 0 Å². The molecule has 6 heteroatoms. The van der Waals surface area contributed by atoms with Crippen LogP contribution in [0.2, 0.25) is 0 Å². The fourth-order valence-corrected chi connectivity index (χ4v) is 4.65. The topological polar surface area (TPSA) is 56.8 Å². The molecule has 21 heavy (non-hydrogen) atoms. The van der Waals surface area contributed by atoms with Crippen LogP contribution >= 0.6 is 11.8 Å². The van der Waals surface area contributed by atoms with Crippen molar-refractivity contribution in [1.82, 2.24) is 20.5 Å². The van der Waals surface area contributed by atoms with E-state index in [1.54, 1.807) is 0 Å². The first-order valence-corrected chi connectivity index (χ1v) is 9.39. The van der Waals surface area contributed by atoms with Crippen molar-refractivity contribution in [2.75, 3.05) is 43.1 Å². The number of aromatic amines is 1. The van der Waals surface area contributed by atoms with Gasteiger partial charge in [-0.25, -0.2) is 0 Å². The summed E-state index contributed by atoms with van der Waals surface area (Å²) in [5, 5.41) is 10.9. The predicted octanol–water partition coefficient (Wildman–Crippen LogP) is 1.93. The lowest BCUT2D eigenvalue weighted by molar-refractivity contribution is 0.399. The Morgan fingerprint density at radius 2 is 2.14 bits per heavy atom. The third-order valence-electron chi connectivity index (χ3n) is 4.64. The number of hydrogen-bond acceptors (Lipinski definition) is 5. The normalized spacial score (nSPS) is 24.4. The van der Waals surface area contributed by atoms with Gasteiger partial charge in [-0.15, -0.1) is 5.10 Å². The monoisotopic (exact) mass is 309 g/mol. The summed E-state index contributed by atoms with van der Waals surface area (Å²) >= 11 is 2.08. The van der Waals surface area contributed by atoms with Gasteiger partial charge in [-0.3, -0.25) is 5.10 Å². The number of nitrogens with zero attached hydrogens (tertiary/aromatic N) is 3. The molecule has 0 amide bonds. The summed E-state index contributed by atoms with van der Waals surface area (Å²) in [6.45, 7) is 3.27. The minimum atomic E-state index is 0.723. The molecule has 0 saturated carbocycles. The second kappa shape index (κ2) is 7.49. The lowest BCUT2D eigenvalue weighted by Crippen LogP contribution is -2.39. The Kier molecular flexibility index (Phi) is 5.41. The van der Waals surface area contributed by atoms with E-state index in [0.717, 1.165) is 49.7 Å². The summed E-state index contributed by atoms with van der Waals surface area (Å²) in [6.07, 6.45) is 6.29. The highest BCUT2D eigenvalue weighted by Crippen LogP contribution is 2.26. The molecule has 0 aliphatic carbocycles. The van der Waals surface area contributed by atoms with Crippen LogP contribution in [-0.2, 0) is 6.42 Å². The van der Waals surface area contributed by atoms with Gasteiger partial charge in [0, 0.05) is 19.5 Å². The second-order valence-corrected chi connectivity index (χ2v) is 7.58. The zero-order chi connectivity index (χ0) is 14.5. The van der Waals surface area contributed by atoms with Crippen LogP contribution < -0.4 is 10.2 Å². The van der Waals surface area contributed by atoms with Crippen molar-refractivity contribution in [2.45, 2.75) is 32.1 Å². The first-order valence-electron chi connectivity index (χ1n) is 8.23. The minimum absolute atomic E-state index is 0.723. The molecule has 1 aromatic rings. The Morgan fingerprint density at radius 3 is 2.95 bits per heavy atom. The fraction of sp³-hybridized carbons (Fsp3) is 0.867. The van der Waals surface area contributed by atoms with Crippen LogP contribution in [0.3, 0.4) is 0 Å². The molecule has 0 radical (unpaired) electrons. The molecular weight excluding hydrogens is 282 g/mol. The largest absolute Gasteiger partial charge is 0.339 e. The Hall–Kier alpha value is -0.750. The molecule has 2 aliphatic rings. The fourth-order valence-electron chi connectivity index (χ4n) is 3.44. The molecule has 118 valence electrons. The summed E-state index contributed by atoms with van der Waals surface area (Å²) in [5.41, 5.74) is 0. The standard InChI is InChI=1S/C15H27N5S/c1-16-10-13-3-2-6-20(11-13)15-17-14(18-19-15)9-12-4-7-21-8-5-12/h12-13,16H,2-11H2,1H3,(H,17,18,19). The molecule has 1 unspecified atom stereocenters.